The van der Waals surface area contributed by atoms with Gasteiger partial charge in [-0.1, -0.05) is 59.3 Å². The molecule has 228 valence electrons. The highest BCUT2D eigenvalue weighted by Gasteiger charge is 2.27. The second kappa shape index (κ2) is 13.1. The van der Waals surface area contributed by atoms with Crippen molar-refractivity contribution in [3.8, 4) is 0 Å². The molecule has 0 aliphatic carbocycles. The van der Waals surface area contributed by atoms with Gasteiger partial charge in [-0.15, -0.1) is 0 Å². The standard InChI is InChI=1S/C29H28Cl2N2O6S4/c1-2-19(15-27-32(11-3-13-42(34,35)36)24-18-22(31)7-10-25(24)40-27)16-28-33(12-4-14-43(37,38)39)29-23-8-6-21(30)17-20(23)5-9-26(29)41-28/h5-10,15-18H,2-4,11-14H2,1H3,(H-,34,35,36,37,38,39). The van der Waals surface area contributed by atoms with Crippen LogP contribution in [0.2, 0.25) is 10.0 Å². The van der Waals surface area contributed by atoms with Gasteiger partial charge in [-0.25, -0.2) is 8.42 Å². The molecule has 8 nitrogen and oxygen atoms in total. The third-order valence-corrected chi connectivity index (χ3v) is 11.2. The fraction of sp³-hybridized carbons (Fsp3) is 0.276. The number of rotatable bonds is 11. The highest BCUT2D eigenvalue weighted by atomic mass is 35.5. The number of thioether (sulfide) groups is 1. The Balaban J connectivity index is 1.58. The van der Waals surface area contributed by atoms with Crippen molar-refractivity contribution in [2.75, 3.05) is 23.0 Å². The molecule has 5 rings (SSSR count). The van der Waals surface area contributed by atoms with E-state index in [4.69, 9.17) is 23.2 Å². The zero-order chi connectivity index (χ0) is 30.9. The Bertz CT molecular complexity index is 1990. The molecule has 1 aromatic heterocycles. The van der Waals surface area contributed by atoms with Crippen molar-refractivity contribution in [2.24, 2.45) is 0 Å². The molecule has 1 aliphatic heterocycles. The Labute approximate surface area is 269 Å². The number of nitrogens with zero attached hydrogens (tertiary/aromatic N) is 2. The fourth-order valence-corrected chi connectivity index (χ4v) is 8.66. The van der Waals surface area contributed by atoms with Gasteiger partial charge in [0.2, 0.25) is 5.52 Å². The average molecular weight is 700 g/mol. The largest absolute Gasteiger partial charge is 0.748 e. The first-order chi connectivity index (χ1) is 20.3. The first-order valence-corrected chi connectivity index (χ1v) is 19.0. The number of hydrogen-bond donors (Lipinski definition) is 1. The Morgan fingerprint density at radius 3 is 2.49 bits per heavy atom. The van der Waals surface area contributed by atoms with Crippen LogP contribution in [0.15, 0.2) is 70.1 Å². The molecule has 0 atom stereocenters. The summed E-state index contributed by atoms with van der Waals surface area (Å²) >= 11 is 15.7. The fourth-order valence-electron chi connectivity index (χ4n) is 5.01. The quantitative estimate of drug-likeness (QED) is 0.130. The lowest BCUT2D eigenvalue weighted by atomic mass is 10.1. The molecule has 43 heavy (non-hydrogen) atoms. The van der Waals surface area contributed by atoms with E-state index in [1.165, 1.54) is 0 Å². The van der Waals surface area contributed by atoms with Crippen molar-refractivity contribution in [3.63, 3.8) is 0 Å². The number of aryl methyl sites for hydroxylation is 1. The predicted octanol–water partition coefficient (Wildman–Crippen LogP) is 7.11. The van der Waals surface area contributed by atoms with E-state index in [-0.39, 0.29) is 18.6 Å². The number of anilines is 1. The van der Waals surface area contributed by atoms with Gasteiger partial charge in [-0.3, -0.25) is 4.55 Å². The molecule has 4 aromatic rings. The zero-order valence-electron chi connectivity index (χ0n) is 23.0. The third kappa shape index (κ3) is 7.93. The molecule has 0 amide bonds. The summed E-state index contributed by atoms with van der Waals surface area (Å²) in [6.45, 7) is 2.74. The molecular weight excluding hydrogens is 672 g/mol. The maximum Gasteiger partial charge on any atom is 0.264 e. The molecule has 14 heteroatoms. The summed E-state index contributed by atoms with van der Waals surface area (Å²) in [7, 11) is -8.46. The molecule has 0 saturated heterocycles. The Kier molecular flexibility index (Phi) is 9.79. The second-order valence-electron chi connectivity index (χ2n) is 10.0. The summed E-state index contributed by atoms with van der Waals surface area (Å²) in [5.41, 5.74) is 2.81. The van der Waals surface area contributed by atoms with Gasteiger partial charge in [0.15, 0.2) is 6.54 Å². The number of hydrogen-bond acceptors (Lipinski definition) is 8. The number of benzene rings is 3. The predicted molar refractivity (Wildman–Crippen MR) is 176 cm³/mol. The average Bonchev–Trinajstić information content (AvgIpc) is 3.44. The second-order valence-corrected chi connectivity index (χ2v) is 16.1. The molecule has 0 fully saturated rings. The number of aromatic nitrogens is 1. The lowest BCUT2D eigenvalue weighted by Crippen LogP contribution is -2.36. The van der Waals surface area contributed by atoms with E-state index < -0.39 is 26.0 Å². The third-order valence-electron chi connectivity index (χ3n) is 6.95. The maximum atomic E-state index is 11.4. The summed E-state index contributed by atoms with van der Waals surface area (Å²) in [6, 6.07) is 15.3. The molecule has 0 saturated carbocycles. The molecule has 1 aliphatic rings. The molecular formula is C29H28Cl2N2O6S4. The minimum absolute atomic E-state index is 0.170. The minimum Gasteiger partial charge on any atom is -0.748 e. The molecule has 2 heterocycles. The van der Waals surface area contributed by atoms with E-state index in [2.05, 4.69) is 16.7 Å². The van der Waals surface area contributed by atoms with Crippen molar-refractivity contribution in [2.45, 2.75) is 37.6 Å². The van der Waals surface area contributed by atoms with Crippen LogP contribution in [0.3, 0.4) is 0 Å². The van der Waals surface area contributed by atoms with Gasteiger partial charge in [0, 0.05) is 39.7 Å². The lowest BCUT2D eigenvalue weighted by molar-refractivity contribution is -0.667. The summed E-state index contributed by atoms with van der Waals surface area (Å²) in [5, 5.41) is 4.90. The molecule has 3 aromatic carbocycles. The molecule has 0 radical (unpaired) electrons. The van der Waals surface area contributed by atoms with Crippen LogP contribution in [0.25, 0.3) is 27.1 Å². The number of thiazole rings is 1. The van der Waals surface area contributed by atoms with Crippen LogP contribution in [0, 0.1) is 0 Å². The normalized spacial score (nSPS) is 15.2. The molecule has 0 bridgehead atoms. The Hall–Kier alpha value is -2.16. The zero-order valence-corrected chi connectivity index (χ0v) is 27.8. The van der Waals surface area contributed by atoms with Gasteiger partial charge in [-0.05, 0) is 72.3 Å². The van der Waals surface area contributed by atoms with Crippen molar-refractivity contribution < 1.29 is 30.5 Å². The highest BCUT2D eigenvalue weighted by molar-refractivity contribution is 8.03. The van der Waals surface area contributed by atoms with Crippen LogP contribution in [-0.4, -0.2) is 44.0 Å². The van der Waals surface area contributed by atoms with Gasteiger partial charge >= 0.3 is 0 Å². The van der Waals surface area contributed by atoms with Crippen LogP contribution in [0.4, 0.5) is 5.69 Å². The van der Waals surface area contributed by atoms with Gasteiger partial charge in [-0.2, -0.15) is 13.0 Å². The van der Waals surface area contributed by atoms with Gasteiger partial charge < -0.3 is 9.45 Å². The van der Waals surface area contributed by atoms with E-state index >= 15 is 0 Å². The lowest BCUT2D eigenvalue weighted by Gasteiger charge is -2.20. The number of fused-ring (bicyclic) bond motifs is 4. The van der Waals surface area contributed by atoms with E-state index in [0.717, 1.165) is 47.2 Å². The van der Waals surface area contributed by atoms with Crippen molar-refractivity contribution >= 4 is 99.3 Å². The number of allylic oxidation sites excluding steroid dienone is 2. The molecule has 0 unspecified atom stereocenters. The summed E-state index contributed by atoms with van der Waals surface area (Å²) in [6.07, 6.45) is 5.20. The van der Waals surface area contributed by atoms with Gasteiger partial charge in [0.25, 0.3) is 15.1 Å². The maximum absolute atomic E-state index is 11.4. The molecule has 0 spiro atoms. The van der Waals surface area contributed by atoms with E-state index in [1.54, 1.807) is 23.1 Å². The topological polar surface area (TPSA) is 119 Å². The minimum atomic E-state index is -4.36. The van der Waals surface area contributed by atoms with Crippen LogP contribution < -0.4 is 9.47 Å². The van der Waals surface area contributed by atoms with Gasteiger partial charge in [0.1, 0.15) is 4.70 Å². The smallest absolute Gasteiger partial charge is 0.264 e. The van der Waals surface area contributed by atoms with Crippen LogP contribution in [0.5, 0.6) is 0 Å². The first-order valence-electron chi connectivity index (χ1n) is 13.4. The molecule has 1 N–H and O–H groups in total. The van der Waals surface area contributed by atoms with Crippen LogP contribution in [-0.2, 0) is 26.8 Å². The first kappa shape index (κ1) is 32.2. The van der Waals surface area contributed by atoms with Crippen molar-refractivity contribution in [1.29, 1.82) is 0 Å². The summed E-state index contributed by atoms with van der Waals surface area (Å²) < 4.78 is 69.3. The Morgan fingerprint density at radius 2 is 1.77 bits per heavy atom. The van der Waals surface area contributed by atoms with E-state index in [9.17, 15) is 25.9 Å². The SMILES string of the molecule is CCC(=C/c1sc2ccc3cc(Cl)ccc3c2[n+]1CCCS(=O)(=O)[O-])/C=C1\Sc2ccc(Cl)cc2N1CCCS(=O)(=O)O. The highest BCUT2D eigenvalue weighted by Crippen LogP contribution is 2.47. The summed E-state index contributed by atoms with van der Waals surface area (Å²) in [4.78, 5) is 2.99. The number of halogens is 2. The van der Waals surface area contributed by atoms with E-state index in [0.29, 0.717) is 29.6 Å². The van der Waals surface area contributed by atoms with Crippen LogP contribution >= 0.6 is 46.3 Å². The van der Waals surface area contributed by atoms with Crippen molar-refractivity contribution in [3.05, 3.63) is 80.3 Å². The van der Waals surface area contributed by atoms with Crippen LogP contribution in [0.1, 0.15) is 31.2 Å². The summed E-state index contributed by atoms with van der Waals surface area (Å²) in [5.74, 6) is -0.814. The van der Waals surface area contributed by atoms with E-state index in [1.807, 2.05) is 60.4 Å². The van der Waals surface area contributed by atoms with Gasteiger partial charge in [0.05, 0.1) is 32.0 Å². The Morgan fingerprint density at radius 1 is 1.02 bits per heavy atom. The monoisotopic (exact) mass is 698 g/mol. The van der Waals surface area contributed by atoms with Crippen molar-refractivity contribution in [1.82, 2.24) is 0 Å².